The number of nitrogens with zero attached hydrogens (tertiary/aromatic N) is 2. The normalized spacial score (nSPS) is 10.9. The molecule has 0 atom stereocenters. The van der Waals surface area contributed by atoms with Crippen molar-refractivity contribution in [1.82, 2.24) is 9.38 Å². The highest BCUT2D eigenvalue weighted by molar-refractivity contribution is 5.72. The van der Waals surface area contributed by atoms with E-state index >= 15 is 0 Å². The van der Waals surface area contributed by atoms with Gasteiger partial charge in [0.1, 0.15) is 17.1 Å². The van der Waals surface area contributed by atoms with E-state index in [1.54, 1.807) is 14.2 Å². The fourth-order valence-corrected chi connectivity index (χ4v) is 3.15. The van der Waals surface area contributed by atoms with E-state index in [-0.39, 0.29) is 6.61 Å². The lowest BCUT2D eigenvalue weighted by atomic mass is 10.1. The van der Waals surface area contributed by atoms with Crippen LogP contribution >= 0.6 is 0 Å². The first-order valence-electron chi connectivity index (χ1n) is 8.63. The van der Waals surface area contributed by atoms with Crippen LogP contribution < -0.4 is 9.47 Å². The molecular formula is C22H20N2O3. The van der Waals surface area contributed by atoms with Crippen LogP contribution in [0.15, 0.2) is 67.0 Å². The minimum Gasteiger partial charge on any atom is -0.497 e. The molecule has 0 aliphatic carbocycles. The molecule has 2 heterocycles. The number of benzene rings is 2. The van der Waals surface area contributed by atoms with Gasteiger partial charge in [0.2, 0.25) is 0 Å². The summed E-state index contributed by atoms with van der Waals surface area (Å²) >= 11 is 0. The smallest absolute Gasteiger partial charge is 0.137 e. The summed E-state index contributed by atoms with van der Waals surface area (Å²) in [6.07, 6.45) is 4.03. The second-order valence-electron chi connectivity index (χ2n) is 6.23. The van der Waals surface area contributed by atoms with E-state index in [2.05, 4.69) is 0 Å². The van der Waals surface area contributed by atoms with Crippen molar-refractivity contribution in [3.63, 3.8) is 0 Å². The van der Waals surface area contributed by atoms with Crippen LogP contribution in [0.25, 0.3) is 28.0 Å². The van der Waals surface area contributed by atoms with Gasteiger partial charge in [-0.25, -0.2) is 4.98 Å². The van der Waals surface area contributed by atoms with Gasteiger partial charge in [-0.3, -0.25) is 0 Å². The van der Waals surface area contributed by atoms with Crippen LogP contribution in [0.4, 0.5) is 0 Å². The van der Waals surface area contributed by atoms with Crippen LogP contribution in [-0.2, 0) is 6.61 Å². The first-order valence-corrected chi connectivity index (χ1v) is 8.63. The molecule has 0 saturated heterocycles. The zero-order valence-electron chi connectivity index (χ0n) is 15.2. The van der Waals surface area contributed by atoms with Crippen LogP contribution in [-0.4, -0.2) is 28.7 Å². The van der Waals surface area contributed by atoms with Crippen molar-refractivity contribution in [2.45, 2.75) is 6.61 Å². The first kappa shape index (κ1) is 17.1. The van der Waals surface area contributed by atoms with E-state index in [4.69, 9.17) is 14.5 Å². The predicted molar refractivity (Wildman–Crippen MR) is 105 cm³/mol. The van der Waals surface area contributed by atoms with Crippen molar-refractivity contribution in [3.8, 4) is 33.9 Å². The largest absolute Gasteiger partial charge is 0.497 e. The highest BCUT2D eigenvalue weighted by atomic mass is 16.5. The lowest BCUT2D eigenvalue weighted by Gasteiger charge is -2.08. The second kappa shape index (κ2) is 7.13. The average molecular weight is 360 g/mol. The van der Waals surface area contributed by atoms with Gasteiger partial charge < -0.3 is 19.0 Å². The molecule has 0 aliphatic rings. The van der Waals surface area contributed by atoms with Crippen LogP contribution in [0, 0.1) is 0 Å². The standard InChI is InChI=1S/C22H20N2O3/c1-26-18-7-8-19(21(11-18)27-2)20-13-24-12-17(6-9-22(24)23-20)16-5-3-4-15(10-16)14-25/h3-13,25H,14H2,1-2H3. The molecule has 0 saturated carbocycles. The van der Waals surface area contributed by atoms with Gasteiger partial charge in [-0.1, -0.05) is 18.2 Å². The molecule has 0 spiro atoms. The average Bonchev–Trinajstić information content (AvgIpc) is 3.16. The van der Waals surface area contributed by atoms with Crippen LogP contribution in [0.1, 0.15) is 5.56 Å². The van der Waals surface area contributed by atoms with Gasteiger partial charge in [-0.05, 0) is 47.0 Å². The first-order chi connectivity index (χ1) is 13.2. The number of hydrogen-bond donors (Lipinski definition) is 1. The van der Waals surface area contributed by atoms with E-state index in [1.807, 2.05) is 71.4 Å². The number of pyridine rings is 1. The summed E-state index contributed by atoms with van der Waals surface area (Å²) in [5.41, 5.74) is 5.59. The Hall–Kier alpha value is -3.31. The summed E-state index contributed by atoms with van der Waals surface area (Å²) in [6, 6.07) is 17.6. The molecule has 0 fully saturated rings. The Labute approximate surface area is 157 Å². The SMILES string of the molecule is COc1ccc(-c2cn3cc(-c4cccc(CO)c4)ccc3n2)c(OC)c1. The molecule has 0 radical (unpaired) electrons. The minimum atomic E-state index is 0.0303. The van der Waals surface area contributed by atoms with Crippen LogP contribution in [0.2, 0.25) is 0 Å². The number of imidazole rings is 1. The lowest BCUT2D eigenvalue weighted by Crippen LogP contribution is -1.90. The molecule has 2 aromatic carbocycles. The molecule has 2 aromatic heterocycles. The number of aliphatic hydroxyl groups excluding tert-OH is 1. The van der Waals surface area contributed by atoms with E-state index < -0.39 is 0 Å². The van der Waals surface area contributed by atoms with Crippen molar-refractivity contribution >= 4 is 5.65 Å². The number of aromatic nitrogens is 2. The van der Waals surface area contributed by atoms with Gasteiger partial charge in [-0.15, -0.1) is 0 Å². The van der Waals surface area contributed by atoms with Crippen LogP contribution in [0.3, 0.4) is 0 Å². The second-order valence-corrected chi connectivity index (χ2v) is 6.23. The van der Waals surface area contributed by atoms with Crippen molar-refractivity contribution in [3.05, 3.63) is 72.6 Å². The summed E-state index contributed by atoms with van der Waals surface area (Å²) < 4.78 is 12.8. The summed E-state index contributed by atoms with van der Waals surface area (Å²) in [5.74, 6) is 1.46. The van der Waals surface area contributed by atoms with Crippen molar-refractivity contribution < 1.29 is 14.6 Å². The molecule has 0 aliphatic heterocycles. The topological polar surface area (TPSA) is 56.0 Å². The third-order valence-electron chi connectivity index (χ3n) is 4.58. The maximum Gasteiger partial charge on any atom is 0.137 e. The number of ether oxygens (including phenoxy) is 2. The van der Waals surface area contributed by atoms with Gasteiger partial charge in [0.25, 0.3) is 0 Å². The van der Waals surface area contributed by atoms with E-state index in [9.17, 15) is 5.11 Å². The van der Waals surface area contributed by atoms with Gasteiger partial charge in [0.05, 0.1) is 26.5 Å². The summed E-state index contributed by atoms with van der Waals surface area (Å²) in [4.78, 5) is 4.72. The number of hydrogen-bond acceptors (Lipinski definition) is 4. The highest BCUT2D eigenvalue weighted by Gasteiger charge is 2.12. The third kappa shape index (κ3) is 3.25. The summed E-state index contributed by atoms with van der Waals surface area (Å²) in [7, 11) is 3.27. The maximum absolute atomic E-state index is 9.36. The number of methoxy groups -OCH3 is 2. The Morgan fingerprint density at radius 1 is 0.926 bits per heavy atom. The Bertz CT molecular complexity index is 1100. The minimum absolute atomic E-state index is 0.0303. The Kier molecular flexibility index (Phi) is 4.52. The zero-order valence-corrected chi connectivity index (χ0v) is 15.2. The van der Waals surface area contributed by atoms with E-state index in [0.717, 1.165) is 39.3 Å². The van der Waals surface area contributed by atoms with Crippen molar-refractivity contribution in [2.24, 2.45) is 0 Å². The molecule has 1 N–H and O–H groups in total. The molecule has 27 heavy (non-hydrogen) atoms. The molecule has 5 nitrogen and oxygen atoms in total. The summed E-state index contributed by atoms with van der Waals surface area (Å²) in [6.45, 7) is 0.0303. The van der Waals surface area contributed by atoms with Gasteiger partial charge in [0, 0.05) is 24.0 Å². The Morgan fingerprint density at radius 2 is 1.81 bits per heavy atom. The zero-order chi connectivity index (χ0) is 18.8. The van der Waals surface area contributed by atoms with E-state index in [0.29, 0.717) is 5.75 Å². The molecular weight excluding hydrogens is 340 g/mol. The fourth-order valence-electron chi connectivity index (χ4n) is 3.15. The number of aliphatic hydroxyl groups is 1. The summed E-state index contributed by atoms with van der Waals surface area (Å²) in [5, 5.41) is 9.36. The molecule has 5 heteroatoms. The number of rotatable bonds is 5. The fraction of sp³-hybridized carbons (Fsp3) is 0.136. The highest BCUT2D eigenvalue weighted by Crippen LogP contribution is 2.33. The molecule has 4 aromatic rings. The predicted octanol–water partition coefficient (Wildman–Crippen LogP) is 4.18. The van der Waals surface area contributed by atoms with Crippen molar-refractivity contribution in [1.29, 1.82) is 0 Å². The van der Waals surface area contributed by atoms with Crippen molar-refractivity contribution in [2.75, 3.05) is 14.2 Å². The molecule has 0 bridgehead atoms. The molecule has 0 unspecified atom stereocenters. The maximum atomic E-state index is 9.36. The third-order valence-corrected chi connectivity index (χ3v) is 4.58. The van der Waals surface area contributed by atoms with Crippen LogP contribution in [0.5, 0.6) is 11.5 Å². The van der Waals surface area contributed by atoms with Gasteiger partial charge in [0.15, 0.2) is 0 Å². The molecule has 4 rings (SSSR count). The Balaban J connectivity index is 1.77. The van der Waals surface area contributed by atoms with E-state index in [1.165, 1.54) is 0 Å². The Morgan fingerprint density at radius 3 is 2.59 bits per heavy atom. The van der Waals surface area contributed by atoms with Gasteiger partial charge in [-0.2, -0.15) is 0 Å². The van der Waals surface area contributed by atoms with Gasteiger partial charge >= 0.3 is 0 Å². The molecule has 0 amide bonds. The lowest BCUT2D eigenvalue weighted by molar-refractivity contribution is 0.282. The monoisotopic (exact) mass is 360 g/mol. The quantitative estimate of drug-likeness (QED) is 0.580. The molecule has 136 valence electrons. The number of fused-ring (bicyclic) bond motifs is 1.